The van der Waals surface area contributed by atoms with Crippen LogP contribution in [0.15, 0.2) is 35.2 Å². The van der Waals surface area contributed by atoms with Crippen LogP contribution in [-0.4, -0.2) is 24.0 Å². The van der Waals surface area contributed by atoms with Crippen molar-refractivity contribution in [3.05, 3.63) is 30.3 Å². The van der Waals surface area contributed by atoms with Crippen LogP contribution in [0.5, 0.6) is 0 Å². The molecule has 0 saturated carbocycles. The lowest BCUT2D eigenvalue weighted by atomic mass is 10.1. The lowest BCUT2D eigenvalue weighted by molar-refractivity contribution is 0.597. The Morgan fingerprint density at radius 1 is 1.28 bits per heavy atom. The molecule has 0 atom stereocenters. The number of nitrogens with zero attached hydrogens (tertiary/aromatic N) is 2. The smallest absolute Gasteiger partial charge is 0.178 e. The number of hydrogen-bond acceptors (Lipinski definition) is 4. The van der Waals surface area contributed by atoms with Gasteiger partial charge in [0.1, 0.15) is 5.82 Å². The van der Waals surface area contributed by atoms with Crippen molar-refractivity contribution >= 4 is 15.7 Å². The molecule has 0 aliphatic rings. The lowest BCUT2D eigenvalue weighted by Gasteiger charge is -2.04. The fourth-order valence-electron chi connectivity index (χ4n) is 1.76. The molecule has 0 spiro atoms. The van der Waals surface area contributed by atoms with E-state index in [1.165, 1.54) is 0 Å². The van der Waals surface area contributed by atoms with E-state index in [0.29, 0.717) is 10.7 Å². The summed E-state index contributed by atoms with van der Waals surface area (Å²) >= 11 is 0. The van der Waals surface area contributed by atoms with Gasteiger partial charge in [0.05, 0.1) is 16.3 Å². The molecule has 2 aromatic rings. The zero-order chi connectivity index (χ0) is 13.3. The highest BCUT2D eigenvalue weighted by Crippen LogP contribution is 2.22. The second kappa shape index (κ2) is 4.45. The van der Waals surface area contributed by atoms with Gasteiger partial charge in [-0.05, 0) is 17.7 Å². The van der Waals surface area contributed by atoms with Crippen LogP contribution < -0.4 is 5.73 Å². The molecular weight excluding hydrogens is 250 g/mol. The number of nitrogens with two attached hydrogens (primary N) is 1. The number of hydrogen-bond donors (Lipinski definition) is 1. The minimum Gasteiger partial charge on any atom is -0.382 e. The van der Waals surface area contributed by atoms with E-state index in [2.05, 4.69) is 5.10 Å². The minimum absolute atomic E-state index is 0.102. The molecule has 0 unspecified atom stereocenters. The maximum absolute atomic E-state index is 11.7. The van der Waals surface area contributed by atoms with Crippen LogP contribution in [-0.2, 0) is 16.9 Å². The maximum atomic E-state index is 11.7. The number of sulfone groups is 1. The second-order valence-electron chi connectivity index (χ2n) is 4.01. The van der Waals surface area contributed by atoms with Crippen molar-refractivity contribution in [2.45, 2.75) is 11.8 Å². The standard InChI is InChI=1S/C12H15N3O2S/c1-3-18(16,17)10-6-4-9(5-7-10)11-8-12(13)14-15(11)2/h4-8H,3H2,1-2H3,(H2,13,14). The Hall–Kier alpha value is -1.82. The zero-order valence-electron chi connectivity index (χ0n) is 10.3. The predicted molar refractivity (Wildman–Crippen MR) is 70.8 cm³/mol. The normalized spacial score (nSPS) is 11.7. The van der Waals surface area contributed by atoms with Crippen molar-refractivity contribution in [1.29, 1.82) is 0 Å². The van der Waals surface area contributed by atoms with Crippen LogP contribution in [0.25, 0.3) is 11.3 Å². The van der Waals surface area contributed by atoms with Crippen LogP contribution >= 0.6 is 0 Å². The average Bonchev–Trinajstić information content (AvgIpc) is 2.69. The number of rotatable bonds is 3. The van der Waals surface area contributed by atoms with Gasteiger partial charge >= 0.3 is 0 Å². The summed E-state index contributed by atoms with van der Waals surface area (Å²) in [5.41, 5.74) is 7.35. The SMILES string of the molecule is CCS(=O)(=O)c1ccc(-c2cc(N)nn2C)cc1. The van der Waals surface area contributed by atoms with Crippen molar-refractivity contribution < 1.29 is 8.42 Å². The molecule has 0 radical (unpaired) electrons. The summed E-state index contributed by atoms with van der Waals surface area (Å²) in [6.07, 6.45) is 0. The number of anilines is 1. The molecule has 1 heterocycles. The van der Waals surface area contributed by atoms with Gasteiger partial charge in [0.25, 0.3) is 0 Å². The zero-order valence-corrected chi connectivity index (χ0v) is 11.1. The third kappa shape index (κ3) is 2.24. The largest absolute Gasteiger partial charge is 0.382 e. The van der Waals surface area contributed by atoms with Gasteiger partial charge < -0.3 is 5.73 Å². The topological polar surface area (TPSA) is 78.0 Å². The van der Waals surface area contributed by atoms with E-state index in [4.69, 9.17) is 5.73 Å². The molecule has 18 heavy (non-hydrogen) atoms. The van der Waals surface area contributed by atoms with Crippen LogP contribution in [0.2, 0.25) is 0 Å². The quantitative estimate of drug-likeness (QED) is 0.911. The maximum Gasteiger partial charge on any atom is 0.178 e. The van der Waals surface area contributed by atoms with Crippen molar-refractivity contribution in [2.24, 2.45) is 7.05 Å². The average molecular weight is 265 g/mol. The molecule has 0 aliphatic carbocycles. The molecule has 1 aromatic heterocycles. The highest BCUT2D eigenvalue weighted by molar-refractivity contribution is 7.91. The molecular formula is C12H15N3O2S. The molecule has 0 saturated heterocycles. The summed E-state index contributed by atoms with van der Waals surface area (Å²) in [6.45, 7) is 1.63. The first kappa shape index (κ1) is 12.6. The second-order valence-corrected chi connectivity index (χ2v) is 6.28. The van der Waals surface area contributed by atoms with Gasteiger partial charge in [0.15, 0.2) is 9.84 Å². The van der Waals surface area contributed by atoms with E-state index in [-0.39, 0.29) is 5.75 Å². The minimum atomic E-state index is -3.15. The molecule has 0 amide bonds. The molecule has 96 valence electrons. The molecule has 0 fully saturated rings. The first-order valence-electron chi connectivity index (χ1n) is 5.57. The molecule has 1 aromatic carbocycles. The number of nitrogen functional groups attached to an aromatic ring is 1. The predicted octanol–water partition coefficient (Wildman–Crippen LogP) is 1.46. The summed E-state index contributed by atoms with van der Waals surface area (Å²) in [5, 5.41) is 4.05. The van der Waals surface area contributed by atoms with Crippen LogP contribution in [0.4, 0.5) is 5.82 Å². The van der Waals surface area contributed by atoms with Crippen LogP contribution in [0, 0.1) is 0 Å². The summed E-state index contributed by atoms with van der Waals surface area (Å²) in [7, 11) is -1.36. The summed E-state index contributed by atoms with van der Waals surface area (Å²) < 4.78 is 25.0. The molecule has 2 rings (SSSR count). The highest BCUT2D eigenvalue weighted by Gasteiger charge is 2.12. The number of aromatic nitrogens is 2. The van der Waals surface area contributed by atoms with Gasteiger partial charge in [-0.15, -0.1) is 0 Å². The Kier molecular flexibility index (Phi) is 3.13. The Balaban J connectivity index is 2.42. The van der Waals surface area contributed by atoms with E-state index in [9.17, 15) is 8.42 Å². The van der Waals surface area contributed by atoms with Gasteiger partial charge in [-0.1, -0.05) is 19.1 Å². The third-order valence-electron chi connectivity index (χ3n) is 2.79. The Bertz CT molecular complexity index is 657. The van der Waals surface area contributed by atoms with E-state index in [1.807, 2.05) is 0 Å². The first-order chi connectivity index (χ1) is 8.44. The lowest BCUT2D eigenvalue weighted by Crippen LogP contribution is -2.03. The summed E-state index contributed by atoms with van der Waals surface area (Å²) in [6, 6.07) is 8.50. The fraction of sp³-hybridized carbons (Fsp3) is 0.250. The van der Waals surface area contributed by atoms with Crippen molar-refractivity contribution in [1.82, 2.24) is 9.78 Å². The Labute approximate surface area is 106 Å². The molecule has 2 N–H and O–H groups in total. The van der Waals surface area contributed by atoms with Gasteiger partial charge in [-0.2, -0.15) is 5.10 Å². The van der Waals surface area contributed by atoms with E-state index >= 15 is 0 Å². The third-order valence-corrected chi connectivity index (χ3v) is 4.54. The van der Waals surface area contributed by atoms with E-state index < -0.39 is 9.84 Å². The Morgan fingerprint density at radius 3 is 2.33 bits per heavy atom. The summed E-state index contributed by atoms with van der Waals surface area (Å²) in [4.78, 5) is 0.337. The van der Waals surface area contributed by atoms with Crippen molar-refractivity contribution in [3.63, 3.8) is 0 Å². The van der Waals surface area contributed by atoms with Crippen molar-refractivity contribution in [3.8, 4) is 11.3 Å². The van der Waals surface area contributed by atoms with E-state index in [1.54, 1.807) is 49.0 Å². The van der Waals surface area contributed by atoms with Crippen LogP contribution in [0.1, 0.15) is 6.92 Å². The Morgan fingerprint density at radius 2 is 1.89 bits per heavy atom. The molecule has 0 bridgehead atoms. The first-order valence-corrected chi connectivity index (χ1v) is 7.22. The number of aryl methyl sites for hydroxylation is 1. The van der Waals surface area contributed by atoms with Gasteiger partial charge in [-0.3, -0.25) is 4.68 Å². The van der Waals surface area contributed by atoms with Gasteiger partial charge in [-0.25, -0.2) is 8.42 Å². The van der Waals surface area contributed by atoms with Gasteiger partial charge in [0.2, 0.25) is 0 Å². The molecule has 0 aliphatic heterocycles. The van der Waals surface area contributed by atoms with E-state index in [0.717, 1.165) is 11.3 Å². The van der Waals surface area contributed by atoms with Crippen molar-refractivity contribution in [2.75, 3.05) is 11.5 Å². The monoisotopic (exact) mass is 265 g/mol. The fourth-order valence-corrected chi connectivity index (χ4v) is 2.64. The molecule has 5 nitrogen and oxygen atoms in total. The summed E-state index contributed by atoms with van der Waals surface area (Å²) in [5.74, 6) is 0.545. The molecule has 6 heteroatoms. The van der Waals surface area contributed by atoms with Gasteiger partial charge in [0, 0.05) is 13.1 Å². The number of benzene rings is 1. The van der Waals surface area contributed by atoms with Crippen LogP contribution in [0.3, 0.4) is 0 Å². The highest BCUT2D eigenvalue weighted by atomic mass is 32.2.